The molecule has 0 bridgehead atoms. The molecule has 28 heavy (non-hydrogen) atoms. The monoisotopic (exact) mass is 398 g/mol. The number of anilines is 1. The zero-order valence-electron chi connectivity index (χ0n) is 14.4. The molecular weight excluding hydrogens is 383 g/mol. The van der Waals surface area contributed by atoms with Gasteiger partial charge in [0.2, 0.25) is 5.82 Å². The first-order valence-corrected chi connectivity index (χ1v) is 8.69. The Morgan fingerprint density at radius 1 is 1.00 bits per heavy atom. The minimum absolute atomic E-state index is 0.0513. The number of ether oxygens (including phenoxy) is 1. The molecule has 2 aromatic rings. The molecule has 1 saturated heterocycles. The number of carbonyl (C=O) groups excluding carboxylic acids is 1. The van der Waals surface area contributed by atoms with E-state index in [0.29, 0.717) is 13.0 Å². The molecule has 0 spiro atoms. The number of nitrogens with zero attached hydrogens (tertiary/aromatic N) is 1. The summed E-state index contributed by atoms with van der Waals surface area (Å²) < 4.78 is 75.4. The van der Waals surface area contributed by atoms with Crippen molar-refractivity contribution in [2.24, 2.45) is 0 Å². The van der Waals surface area contributed by atoms with Crippen LogP contribution < -0.4 is 5.32 Å². The maximum Gasteiger partial charge on any atom is 0.257 e. The number of amides is 1. The maximum atomic E-state index is 14.4. The summed E-state index contributed by atoms with van der Waals surface area (Å²) in [6.45, 7) is 0.425. The van der Waals surface area contributed by atoms with Crippen molar-refractivity contribution in [3.63, 3.8) is 0 Å². The first kappa shape index (κ1) is 18.7. The van der Waals surface area contributed by atoms with Crippen LogP contribution in [-0.2, 0) is 4.74 Å². The van der Waals surface area contributed by atoms with Crippen molar-refractivity contribution in [2.45, 2.75) is 25.1 Å². The smallest absolute Gasteiger partial charge is 0.257 e. The Hall–Kier alpha value is -2.68. The molecular formula is C19H15F5N2O2. The highest BCUT2D eigenvalue weighted by molar-refractivity contribution is 6.01. The largest absolute Gasteiger partial charge is 0.376 e. The summed E-state index contributed by atoms with van der Waals surface area (Å²) in [5.74, 6) is -10.9. The van der Waals surface area contributed by atoms with Gasteiger partial charge < -0.3 is 15.0 Å². The van der Waals surface area contributed by atoms with Crippen molar-refractivity contribution in [3.8, 4) is 0 Å². The quantitative estimate of drug-likeness (QED) is 0.480. The van der Waals surface area contributed by atoms with Gasteiger partial charge in [-0.1, -0.05) is 12.1 Å². The van der Waals surface area contributed by atoms with Gasteiger partial charge in [-0.25, -0.2) is 22.0 Å². The molecule has 1 fully saturated rings. The van der Waals surface area contributed by atoms with Gasteiger partial charge in [-0.3, -0.25) is 4.79 Å². The Morgan fingerprint density at radius 2 is 1.64 bits per heavy atom. The summed E-state index contributed by atoms with van der Waals surface area (Å²) in [4.78, 5) is 14.0. The van der Waals surface area contributed by atoms with Gasteiger partial charge in [-0.2, -0.15) is 0 Å². The van der Waals surface area contributed by atoms with Crippen LogP contribution in [0.25, 0.3) is 0 Å². The van der Waals surface area contributed by atoms with E-state index in [2.05, 4.69) is 5.32 Å². The van der Waals surface area contributed by atoms with Crippen LogP contribution in [0, 0.1) is 29.1 Å². The Bertz CT molecular complexity index is 917. The molecule has 4 rings (SSSR count). The van der Waals surface area contributed by atoms with E-state index in [-0.39, 0.29) is 23.9 Å². The molecule has 2 heterocycles. The number of rotatable bonds is 3. The summed E-state index contributed by atoms with van der Waals surface area (Å²) in [7, 11) is 0. The summed E-state index contributed by atoms with van der Waals surface area (Å²) >= 11 is 0. The SMILES string of the molecule is O=C1c2ccccc2N[C@H](c2c(F)c(F)c(F)c(F)c2F)N1C[C@@H]1CCCO1. The standard InChI is InChI=1S/C19H15F5N2O2/c20-13-12(14(21)16(23)17(24)15(13)22)18-25-11-6-2-1-5-10(11)19(27)26(18)8-9-4-3-7-28-9/h1-2,5-6,9,18,25H,3-4,7-8H2/t9-,18-/m0/s1. The summed E-state index contributed by atoms with van der Waals surface area (Å²) in [5, 5.41) is 2.74. The molecule has 2 aliphatic rings. The van der Waals surface area contributed by atoms with Crippen LogP contribution in [0.2, 0.25) is 0 Å². The highest BCUT2D eigenvalue weighted by Crippen LogP contribution is 2.37. The van der Waals surface area contributed by atoms with E-state index in [1.54, 1.807) is 12.1 Å². The molecule has 2 aliphatic heterocycles. The third kappa shape index (κ3) is 2.90. The molecule has 0 saturated carbocycles. The van der Waals surface area contributed by atoms with Gasteiger partial charge in [0.1, 0.15) is 6.17 Å². The van der Waals surface area contributed by atoms with Crippen molar-refractivity contribution >= 4 is 11.6 Å². The highest BCUT2D eigenvalue weighted by Gasteiger charge is 2.40. The molecule has 9 heteroatoms. The third-order valence-corrected chi connectivity index (χ3v) is 4.96. The lowest BCUT2D eigenvalue weighted by atomic mass is 10.0. The summed E-state index contributed by atoms with van der Waals surface area (Å²) in [6.07, 6.45) is -0.588. The second-order valence-electron chi connectivity index (χ2n) is 6.67. The zero-order valence-corrected chi connectivity index (χ0v) is 14.4. The lowest BCUT2D eigenvalue weighted by Crippen LogP contribution is -2.47. The van der Waals surface area contributed by atoms with Crippen LogP contribution in [0.3, 0.4) is 0 Å². The fraction of sp³-hybridized carbons (Fsp3) is 0.316. The topological polar surface area (TPSA) is 41.6 Å². The predicted molar refractivity (Wildman–Crippen MR) is 89.0 cm³/mol. The molecule has 0 aliphatic carbocycles. The van der Waals surface area contributed by atoms with Gasteiger partial charge in [-0.05, 0) is 25.0 Å². The van der Waals surface area contributed by atoms with Crippen LogP contribution in [0.1, 0.15) is 34.9 Å². The number of benzene rings is 2. The number of para-hydroxylation sites is 1. The average Bonchev–Trinajstić information content (AvgIpc) is 3.21. The first-order valence-electron chi connectivity index (χ1n) is 8.69. The maximum absolute atomic E-state index is 14.4. The number of hydrogen-bond acceptors (Lipinski definition) is 3. The normalized spacial score (nSPS) is 21.6. The van der Waals surface area contributed by atoms with Crippen molar-refractivity contribution in [3.05, 3.63) is 64.5 Å². The molecule has 4 nitrogen and oxygen atoms in total. The van der Waals surface area contributed by atoms with Gasteiger partial charge >= 0.3 is 0 Å². The Kier molecular flexibility index (Phi) is 4.70. The van der Waals surface area contributed by atoms with Crippen molar-refractivity contribution in [1.82, 2.24) is 4.90 Å². The van der Waals surface area contributed by atoms with Gasteiger partial charge in [-0.15, -0.1) is 0 Å². The molecule has 2 atom stereocenters. The fourth-order valence-electron chi connectivity index (χ4n) is 3.58. The summed E-state index contributed by atoms with van der Waals surface area (Å²) in [6, 6.07) is 6.21. The molecule has 0 radical (unpaired) electrons. The minimum Gasteiger partial charge on any atom is -0.376 e. The van der Waals surface area contributed by atoms with Crippen LogP contribution in [0.15, 0.2) is 24.3 Å². The van der Waals surface area contributed by atoms with Crippen molar-refractivity contribution in [2.75, 3.05) is 18.5 Å². The van der Waals surface area contributed by atoms with E-state index in [9.17, 15) is 26.7 Å². The Morgan fingerprint density at radius 3 is 2.29 bits per heavy atom. The third-order valence-electron chi connectivity index (χ3n) is 4.96. The lowest BCUT2D eigenvalue weighted by molar-refractivity contribution is 0.0417. The van der Waals surface area contributed by atoms with E-state index >= 15 is 0 Å². The van der Waals surface area contributed by atoms with Gasteiger partial charge in [0.25, 0.3) is 5.91 Å². The average molecular weight is 398 g/mol. The predicted octanol–water partition coefficient (Wildman–Crippen LogP) is 4.13. The molecule has 0 unspecified atom stereocenters. The second kappa shape index (κ2) is 7.05. The van der Waals surface area contributed by atoms with E-state index < -0.39 is 46.7 Å². The number of fused-ring (bicyclic) bond motifs is 1. The number of nitrogens with one attached hydrogen (secondary N) is 1. The molecule has 148 valence electrons. The Labute approximate surface area is 156 Å². The van der Waals surface area contributed by atoms with E-state index in [1.807, 2.05) is 0 Å². The number of carbonyl (C=O) groups is 1. The van der Waals surface area contributed by atoms with Crippen molar-refractivity contribution < 1.29 is 31.5 Å². The number of halogens is 5. The fourth-order valence-corrected chi connectivity index (χ4v) is 3.58. The van der Waals surface area contributed by atoms with Gasteiger partial charge in [0, 0.05) is 18.8 Å². The highest BCUT2D eigenvalue weighted by atomic mass is 19.2. The van der Waals surface area contributed by atoms with Crippen LogP contribution in [0.5, 0.6) is 0 Å². The first-order chi connectivity index (χ1) is 13.4. The van der Waals surface area contributed by atoms with E-state index in [0.717, 1.165) is 11.3 Å². The van der Waals surface area contributed by atoms with E-state index in [1.165, 1.54) is 12.1 Å². The van der Waals surface area contributed by atoms with Crippen LogP contribution in [-0.4, -0.2) is 30.1 Å². The molecule has 0 aromatic heterocycles. The Balaban J connectivity index is 1.84. The minimum atomic E-state index is -2.24. The molecule has 1 amide bonds. The second-order valence-corrected chi connectivity index (χ2v) is 6.67. The van der Waals surface area contributed by atoms with E-state index in [4.69, 9.17) is 4.74 Å². The molecule has 1 N–H and O–H groups in total. The van der Waals surface area contributed by atoms with Gasteiger partial charge in [0.15, 0.2) is 23.3 Å². The zero-order chi connectivity index (χ0) is 20.0. The van der Waals surface area contributed by atoms with Crippen LogP contribution in [0.4, 0.5) is 27.6 Å². The van der Waals surface area contributed by atoms with Crippen molar-refractivity contribution in [1.29, 1.82) is 0 Å². The van der Waals surface area contributed by atoms with Gasteiger partial charge in [0.05, 0.1) is 17.2 Å². The summed E-state index contributed by atoms with van der Waals surface area (Å²) in [5.41, 5.74) is -0.622. The van der Waals surface area contributed by atoms with Crippen LogP contribution >= 0.6 is 0 Å². The lowest BCUT2D eigenvalue weighted by Gasteiger charge is -2.39. The molecule has 2 aromatic carbocycles. The number of hydrogen-bond donors (Lipinski definition) is 1.